The third-order valence-corrected chi connectivity index (χ3v) is 4.77. The summed E-state index contributed by atoms with van der Waals surface area (Å²) in [6.07, 6.45) is 3.85. The van der Waals surface area contributed by atoms with E-state index in [0.717, 1.165) is 16.0 Å². The van der Waals surface area contributed by atoms with E-state index < -0.39 is 0 Å². The topological polar surface area (TPSA) is 66.9 Å². The highest BCUT2D eigenvalue weighted by molar-refractivity contribution is 7.15. The molecule has 134 valence electrons. The molecule has 3 rings (SSSR count). The van der Waals surface area contributed by atoms with E-state index in [1.807, 2.05) is 6.07 Å². The molecular weight excluding hydrogens is 375 g/mol. The third-order valence-electron chi connectivity index (χ3n) is 3.63. The summed E-state index contributed by atoms with van der Waals surface area (Å²) in [6, 6.07) is 8.26. The molecule has 0 bridgehead atoms. The smallest absolute Gasteiger partial charge is 0.321 e. The molecule has 0 fully saturated rings. The van der Waals surface area contributed by atoms with Gasteiger partial charge in [-0.05, 0) is 35.7 Å². The number of hydrogen-bond acceptors (Lipinski definition) is 4. The maximum absolute atomic E-state index is 13.6. The molecule has 0 aliphatic heterocycles. The average molecular weight is 391 g/mol. The number of amides is 2. The van der Waals surface area contributed by atoms with Gasteiger partial charge in [-0.1, -0.05) is 29.8 Å². The molecule has 0 saturated carbocycles. The zero-order valence-corrected chi connectivity index (χ0v) is 15.5. The zero-order valence-electron chi connectivity index (χ0n) is 13.9. The summed E-state index contributed by atoms with van der Waals surface area (Å²) >= 11 is 7.07. The number of halogens is 2. The Morgan fingerprint density at radius 1 is 1.19 bits per heavy atom. The number of thiazole rings is 1. The van der Waals surface area contributed by atoms with Crippen molar-refractivity contribution in [3.8, 4) is 0 Å². The fourth-order valence-corrected chi connectivity index (χ4v) is 3.18. The van der Waals surface area contributed by atoms with Crippen LogP contribution >= 0.6 is 22.9 Å². The number of carbonyl (C=O) groups excluding carboxylic acids is 1. The molecule has 0 unspecified atom stereocenters. The molecule has 2 N–H and O–H groups in total. The Kier molecular flexibility index (Phi) is 5.80. The largest absolute Gasteiger partial charge is 0.334 e. The second-order valence-electron chi connectivity index (χ2n) is 5.69. The molecule has 5 nitrogen and oxygen atoms in total. The van der Waals surface area contributed by atoms with Gasteiger partial charge in [0.15, 0.2) is 5.13 Å². The minimum Gasteiger partial charge on any atom is -0.334 e. The van der Waals surface area contributed by atoms with Gasteiger partial charge in [-0.3, -0.25) is 5.32 Å². The lowest BCUT2D eigenvalue weighted by molar-refractivity contribution is 0.251. The SMILES string of the molecule is Cc1ccc(Cc2cnc(NC(=O)NCc3ccc(Cl)nc3)s2)cc1F. The summed E-state index contributed by atoms with van der Waals surface area (Å²) in [6.45, 7) is 2.06. The van der Waals surface area contributed by atoms with Crippen LogP contribution in [0.5, 0.6) is 0 Å². The summed E-state index contributed by atoms with van der Waals surface area (Å²) in [5.74, 6) is -0.221. The zero-order chi connectivity index (χ0) is 18.5. The fourth-order valence-electron chi connectivity index (χ4n) is 2.23. The van der Waals surface area contributed by atoms with Crippen molar-refractivity contribution in [2.24, 2.45) is 0 Å². The van der Waals surface area contributed by atoms with Gasteiger partial charge in [0.2, 0.25) is 0 Å². The molecular formula is C18H16ClFN4OS. The number of pyridine rings is 1. The highest BCUT2D eigenvalue weighted by Crippen LogP contribution is 2.22. The van der Waals surface area contributed by atoms with Crippen LogP contribution in [0.25, 0.3) is 0 Å². The quantitative estimate of drug-likeness (QED) is 0.628. The van der Waals surface area contributed by atoms with E-state index in [-0.39, 0.29) is 11.8 Å². The number of aromatic nitrogens is 2. The van der Waals surface area contributed by atoms with E-state index in [1.165, 1.54) is 17.4 Å². The van der Waals surface area contributed by atoms with E-state index in [0.29, 0.717) is 28.8 Å². The van der Waals surface area contributed by atoms with Crippen molar-refractivity contribution in [1.29, 1.82) is 0 Å². The fraction of sp³-hybridized carbons (Fsp3) is 0.167. The standard InChI is InChI=1S/C18H16ClFN4OS/c1-11-2-3-12(7-15(11)20)6-14-10-23-18(26-14)24-17(25)22-9-13-4-5-16(19)21-8-13/h2-5,7-8,10H,6,9H2,1H3,(H2,22,23,24,25). The number of aryl methyl sites for hydroxylation is 1. The van der Waals surface area contributed by atoms with E-state index in [1.54, 1.807) is 37.5 Å². The molecule has 2 heterocycles. The Labute approximate surface area is 159 Å². The van der Waals surface area contributed by atoms with Crippen LogP contribution in [0.15, 0.2) is 42.7 Å². The minimum absolute atomic E-state index is 0.221. The van der Waals surface area contributed by atoms with Crippen molar-refractivity contribution in [3.05, 3.63) is 75.3 Å². The lowest BCUT2D eigenvalue weighted by Crippen LogP contribution is -2.28. The normalized spacial score (nSPS) is 10.6. The Bertz CT molecular complexity index is 914. The van der Waals surface area contributed by atoms with Crippen LogP contribution in [0.4, 0.5) is 14.3 Å². The minimum atomic E-state index is -0.359. The van der Waals surface area contributed by atoms with Gasteiger partial charge in [-0.25, -0.2) is 19.2 Å². The maximum Gasteiger partial charge on any atom is 0.321 e. The van der Waals surface area contributed by atoms with Gasteiger partial charge in [0.05, 0.1) is 0 Å². The van der Waals surface area contributed by atoms with E-state index in [9.17, 15) is 9.18 Å². The molecule has 1 aromatic carbocycles. The summed E-state index contributed by atoms with van der Waals surface area (Å²) in [5, 5.41) is 6.30. The van der Waals surface area contributed by atoms with E-state index in [2.05, 4.69) is 20.6 Å². The number of carbonyl (C=O) groups is 1. The van der Waals surface area contributed by atoms with E-state index in [4.69, 9.17) is 11.6 Å². The number of nitrogens with zero attached hydrogens (tertiary/aromatic N) is 2. The van der Waals surface area contributed by atoms with Gasteiger partial charge in [0, 0.05) is 30.2 Å². The molecule has 3 aromatic rings. The number of rotatable bonds is 5. The number of nitrogens with one attached hydrogen (secondary N) is 2. The Morgan fingerprint density at radius 2 is 2.00 bits per heavy atom. The van der Waals surface area contributed by atoms with Crippen LogP contribution in [0.1, 0.15) is 21.6 Å². The highest BCUT2D eigenvalue weighted by atomic mass is 35.5. The van der Waals surface area contributed by atoms with Crippen molar-refractivity contribution in [3.63, 3.8) is 0 Å². The van der Waals surface area contributed by atoms with Crippen LogP contribution in [-0.4, -0.2) is 16.0 Å². The number of urea groups is 1. The van der Waals surface area contributed by atoms with Crippen molar-refractivity contribution in [1.82, 2.24) is 15.3 Å². The Balaban J connectivity index is 1.53. The number of anilines is 1. The molecule has 8 heteroatoms. The van der Waals surface area contributed by atoms with Crippen LogP contribution in [0, 0.1) is 12.7 Å². The van der Waals surface area contributed by atoms with Gasteiger partial charge in [-0.2, -0.15) is 0 Å². The molecule has 2 amide bonds. The summed E-state index contributed by atoms with van der Waals surface area (Å²) in [5.41, 5.74) is 2.32. The Hall–Kier alpha value is -2.51. The van der Waals surface area contributed by atoms with Crippen molar-refractivity contribution in [2.45, 2.75) is 19.9 Å². The molecule has 0 saturated heterocycles. The lowest BCUT2D eigenvalue weighted by Gasteiger charge is -2.05. The van der Waals surface area contributed by atoms with Gasteiger partial charge in [-0.15, -0.1) is 11.3 Å². The second-order valence-corrected chi connectivity index (χ2v) is 7.19. The lowest BCUT2D eigenvalue weighted by atomic mass is 10.1. The first-order chi connectivity index (χ1) is 12.5. The maximum atomic E-state index is 13.6. The summed E-state index contributed by atoms with van der Waals surface area (Å²) in [7, 11) is 0. The molecule has 0 aliphatic rings. The molecule has 0 spiro atoms. The first-order valence-electron chi connectivity index (χ1n) is 7.84. The highest BCUT2D eigenvalue weighted by Gasteiger charge is 2.08. The monoisotopic (exact) mass is 390 g/mol. The average Bonchev–Trinajstić information content (AvgIpc) is 3.04. The molecule has 0 radical (unpaired) electrons. The van der Waals surface area contributed by atoms with Crippen molar-refractivity contribution < 1.29 is 9.18 Å². The first kappa shape index (κ1) is 18.3. The summed E-state index contributed by atoms with van der Waals surface area (Å²) < 4.78 is 13.6. The van der Waals surface area contributed by atoms with Crippen LogP contribution < -0.4 is 10.6 Å². The molecule has 26 heavy (non-hydrogen) atoms. The van der Waals surface area contributed by atoms with Gasteiger partial charge in [0.1, 0.15) is 11.0 Å². The molecule has 0 atom stereocenters. The molecule has 0 aliphatic carbocycles. The number of hydrogen-bond donors (Lipinski definition) is 2. The van der Waals surface area contributed by atoms with Crippen molar-refractivity contribution >= 4 is 34.1 Å². The summed E-state index contributed by atoms with van der Waals surface area (Å²) in [4.78, 5) is 21.0. The first-order valence-corrected chi connectivity index (χ1v) is 9.04. The van der Waals surface area contributed by atoms with Gasteiger partial charge < -0.3 is 5.32 Å². The Morgan fingerprint density at radius 3 is 2.73 bits per heavy atom. The van der Waals surface area contributed by atoms with Crippen molar-refractivity contribution in [2.75, 3.05) is 5.32 Å². The number of benzene rings is 1. The van der Waals surface area contributed by atoms with E-state index >= 15 is 0 Å². The predicted octanol–water partition coefficient (Wildman–Crippen LogP) is 4.55. The van der Waals surface area contributed by atoms with Gasteiger partial charge >= 0.3 is 6.03 Å². The van der Waals surface area contributed by atoms with Crippen LogP contribution in [0.2, 0.25) is 5.15 Å². The third kappa shape index (κ3) is 5.00. The van der Waals surface area contributed by atoms with Crippen LogP contribution in [-0.2, 0) is 13.0 Å². The second kappa shape index (κ2) is 8.25. The predicted molar refractivity (Wildman–Crippen MR) is 101 cm³/mol. The molecule has 2 aromatic heterocycles. The van der Waals surface area contributed by atoms with Crippen LogP contribution in [0.3, 0.4) is 0 Å². The van der Waals surface area contributed by atoms with Gasteiger partial charge in [0.25, 0.3) is 0 Å².